The number of ether oxygens (including phenoxy) is 1. The Balaban J connectivity index is 1.40. The first-order valence-corrected chi connectivity index (χ1v) is 11.8. The second-order valence-electron chi connectivity index (χ2n) is 8.52. The first-order chi connectivity index (χ1) is 17.7. The number of hydrogen-bond acceptors (Lipinski definition) is 9. The zero-order valence-corrected chi connectivity index (χ0v) is 19.4. The van der Waals surface area contributed by atoms with Gasteiger partial charge in [0.05, 0.1) is 12.7 Å². The van der Waals surface area contributed by atoms with Gasteiger partial charge in [-0.25, -0.2) is 14.3 Å². The van der Waals surface area contributed by atoms with E-state index in [2.05, 4.69) is 32.3 Å². The van der Waals surface area contributed by atoms with Crippen LogP contribution in [0.25, 0.3) is 27.8 Å². The number of benzene rings is 1. The fourth-order valence-corrected chi connectivity index (χ4v) is 4.35. The van der Waals surface area contributed by atoms with Crippen LogP contribution in [0.3, 0.4) is 0 Å². The molecule has 0 radical (unpaired) electrons. The number of anilines is 2. The van der Waals surface area contributed by atoms with Crippen molar-refractivity contribution in [2.24, 2.45) is 0 Å². The monoisotopic (exact) mass is 484 g/mol. The molecule has 1 fully saturated rings. The van der Waals surface area contributed by atoms with Crippen LogP contribution >= 0.6 is 0 Å². The number of allylic oxidation sites excluding steroid dienone is 1. The van der Waals surface area contributed by atoms with E-state index >= 15 is 0 Å². The molecule has 5 heterocycles. The molecule has 36 heavy (non-hydrogen) atoms. The van der Waals surface area contributed by atoms with Crippen molar-refractivity contribution >= 4 is 33.6 Å². The summed E-state index contributed by atoms with van der Waals surface area (Å²) in [5.74, 6) is 1.35. The van der Waals surface area contributed by atoms with Crippen molar-refractivity contribution in [3.63, 3.8) is 0 Å². The molecule has 5 aromatic rings. The van der Waals surface area contributed by atoms with Gasteiger partial charge in [0.15, 0.2) is 17.0 Å². The van der Waals surface area contributed by atoms with Gasteiger partial charge in [0.1, 0.15) is 11.5 Å². The van der Waals surface area contributed by atoms with Crippen molar-refractivity contribution in [3.8, 4) is 11.7 Å². The fourth-order valence-electron chi connectivity index (χ4n) is 4.35. The van der Waals surface area contributed by atoms with Crippen LogP contribution in [-0.4, -0.2) is 48.7 Å². The lowest BCUT2D eigenvalue weighted by Gasteiger charge is -2.23. The molecular weight excluding hydrogens is 460 g/mol. The van der Waals surface area contributed by atoms with E-state index < -0.39 is 0 Å². The van der Waals surface area contributed by atoms with E-state index in [0.717, 1.165) is 37.0 Å². The van der Waals surface area contributed by atoms with Gasteiger partial charge < -0.3 is 19.9 Å². The second kappa shape index (κ2) is 9.27. The van der Waals surface area contributed by atoms with Crippen LogP contribution in [0.15, 0.2) is 70.8 Å². The number of hydrogen-bond donors (Lipinski definition) is 2. The first kappa shape index (κ1) is 22.0. The summed E-state index contributed by atoms with van der Waals surface area (Å²) in [5.41, 5.74) is 1.57. The Bertz CT molecular complexity index is 1610. The van der Waals surface area contributed by atoms with Crippen LogP contribution in [0.2, 0.25) is 0 Å². The average molecular weight is 485 g/mol. The number of aromatic nitrogens is 6. The molecule has 0 aliphatic carbocycles. The topological polar surface area (TPSA) is 125 Å². The summed E-state index contributed by atoms with van der Waals surface area (Å²) < 4.78 is 14.6. The lowest BCUT2D eigenvalue weighted by atomic mass is 10.1. The quantitative estimate of drug-likeness (QED) is 0.335. The molecule has 182 valence electrons. The summed E-state index contributed by atoms with van der Waals surface area (Å²) >= 11 is 0. The van der Waals surface area contributed by atoms with Crippen LogP contribution in [-0.2, 0) is 6.54 Å². The predicted octanol–water partition coefficient (Wildman–Crippen LogP) is 3.18. The van der Waals surface area contributed by atoms with Gasteiger partial charge in [0.25, 0.3) is 5.56 Å². The molecule has 0 atom stereocenters. The molecule has 0 spiro atoms. The molecule has 4 aromatic heterocycles. The molecule has 2 N–H and O–H groups in total. The van der Waals surface area contributed by atoms with E-state index in [1.54, 1.807) is 17.0 Å². The number of rotatable bonds is 7. The Morgan fingerprint density at radius 1 is 1.19 bits per heavy atom. The molecule has 0 bridgehead atoms. The van der Waals surface area contributed by atoms with Gasteiger partial charge in [-0.3, -0.25) is 4.79 Å². The van der Waals surface area contributed by atoms with Crippen LogP contribution in [0.4, 0.5) is 11.6 Å². The van der Waals surface area contributed by atoms with E-state index in [1.807, 2.05) is 36.4 Å². The molecule has 11 nitrogen and oxygen atoms in total. The summed E-state index contributed by atoms with van der Waals surface area (Å²) in [6.07, 6.45) is 6.77. The maximum Gasteiger partial charge on any atom is 0.278 e. The van der Waals surface area contributed by atoms with Crippen LogP contribution < -0.4 is 20.9 Å². The number of pyridine rings is 1. The minimum Gasteiger partial charge on any atom is -0.474 e. The van der Waals surface area contributed by atoms with Crippen molar-refractivity contribution in [2.45, 2.75) is 25.5 Å². The third-order valence-electron chi connectivity index (χ3n) is 6.09. The molecule has 11 heteroatoms. The van der Waals surface area contributed by atoms with Gasteiger partial charge in [-0.05, 0) is 44.1 Å². The normalized spacial score (nSPS) is 14.3. The maximum absolute atomic E-state index is 13.2. The molecule has 1 aliphatic rings. The smallest absolute Gasteiger partial charge is 0.278 e. The molecule has 0 saturated carbocycles. The van der Waals surface area contributed by atoms with Gasteiger partial charge in [-0.15, -0.1) is 6.58 Å². The average Bonchev–Trinajstić information content (AvgIpc) is 3.47. The second-order valence-corrected chi connectivity index (χ2v) is 8.52. The van der Waals surface area contributed by atoms with Gasteiger partial charge in [-0.1, -0.05) is 17.3 Å². The summed E-state index contributed by atoms with van der Waals surface area (Å²) in [6, 6.07) is 11.1. The Hall–Kier alpha value is -4.51. The van der Waals surface area contributed by atoms with Crippen LogP contribution in [0, 0.1) is 0 Å². The summed E-state index contributed by atoms with van der Waals surface area (Å²) in [5, 5.41) is 11.6. The van der Waals surface area contributed by atoms with Gasteiger partial charge >= 0.3 is 0 Å². The predicted molar refractivity (Wildman–Crippen MR) is 135 cm³/mol. The van der Waals surface area contributed by atoms with E-state index in [1.165, 1.54) is 10.9 Å². The van der Waals surface area contributed by atoms with Gasteiger partial charge in [0.2, 0.25) is 11.8 Å². The van der Waals surface area contributed by atoms with E-state index in [4.69, 9.17) is 14.2 Å². The SMILES string of the molecule is C=CCn1c(=O)c2cnc(Nc3ccc4cnoc4c3)nc2n1-c1cccc(OC2CCNCC2)n1. The van der Waals surface area contributed by atoms with Crippen LogP contribution in [0.1, 0.15) is 12.8 Å². The van der Waals surface area contributed by atoms with Crippen molar-refractivity contribution in [1.82, 2.24) is 34.8 Å². The summed E-state index contributed by atoms with van der Waals surface area (Å²) in [7, 11) is 0. The summed E-state index contributed by atoms with van der Waals surface area (Å²) in [4.78, 5) is 27.0. The molecule has 1 saturated heterocycles. The zero-order chi connectivity index (χ0) is 24.5. The van der Waals surface area contributed by atoms with Gasteiger partial charge in [-0.2, -0.15) is 9.97 Å². The summed E-state index contributed by atoms with van der Waals surface area (Å²) in [6.45, 7) is 5.92. The fraction of sp³-hybridized carbons (Fsp3) is 0.240. The van der Waals surface area contributed by atoms with Crippen LogP contribution in [0.5, 0.6) is 5.88 Å². The molecular formula is C25H24N8O3. The molecule has 0 amide bonds. The maximum atomic E-state index is 13.2. The van der Waals surface area contributed by atoms with Crippen molar-refractivity contribution in [3.05, 3.63) is 71.8 Å². The van der Waals surface area contributed by atoms with Crippen molar-refractivity contribution in [1.29, 1.82) is 0 Å². The van der Waals surface area contributed by atoms with E-state index in [-0.39, 0.29) is 18.2 Å². The first-order valence-electron chi connectivity index (χ1n) is 11.8. The number of fused-ring (bicyclic) bond motifs is 2. The number of piperidine rings is 1. The van der Waals surface area contributed by atoms with E-state index in [9.17, 15) is 4.79 Å². The Labute approximate surface area is 205 Å². The molecule has 1 aliphatic heterocycles. The molecule has 0 unspecified atom stereocenters. The highest BCUT2D eigenvalue weighted by molar-refractivity contribution is 5.81. The minimum atomic E-state index is -0.231. The Morgan fingerprint density at radius 3 is 2.94 bits per heavy atom. The molecule has 1 aromatic carbocycles. The highest BCUT2D eigenvalue weighted by atomic mass is 16.5. The highest BCUT2D eigenvalue weighted by Gasteiger charge is 2.20. The lowest BCUT2D eigenvalue weighted by Crippen LogP contribution is -2.34. The number of nitrogens with one attached hydrogen (secondary N) is 2. The van der Waals surface area contributed by atoms with Crippen molar-refractivity contribution < 1.29 is 9.26 Å². The Kier molecular flexibility index (Phi) is 5.66. The highest BCUT2D eigenvalue weighted by Crippen LogP contribution is 2.23. The van der Waals surface area contributed by atoms with Gasteiger partial charge in [0, 0.05) is 29.4 Å². The van der Waals surface area contributed by atoms with E-state index in [0.29, 0.717) is 34.3 Å². The Morgan fingerprint density at radius 2 is 2.08 bits per heavy atom. The minimum absolute atomic E-state index is 0.102. The standard InChI is InChI=1S/C25H24N8O3/c1-2-12-32-24(34)19-15-27-25(29-17-7-6-16-14-28-36-20(16)13-17)31-23(19)33(32)21-4-3-5-22(30-21)35-18-8-10-26-11-9-18/h2-7,13-15,18,26H,1,8-12H2,(H,27,29,31). The third kappa shape index (κ3) is 4.09. The third-order valence-corrected chi connectivity index (χ3v) is 6.09. The van der Waals surface area contributed by atoms with Crippen molar-refractivity contribution in [2.75, 3.05) is 18.4 Å². The number of nitrogens with zero attached hydrogens (tertiary/aromatic N) is 6. The largest absolute Gasteiger partial charge is 0.474 e. The molecule has 6 rings (SSSR count). The zero-order valence-electron chi connectivity index (χ0n) is 19.4. The lowest BCUT2D eigenvalue weighted by molar-refractivity contribution is 0.156.